The van der Waals surface area contributed by atoms with Crippen LogP contribution in [0.25, 0.3) is 17.3 Å². The first-order valence-corrected chi connectivity index (χ1v) is 5.90. The van der Waals surface area contributed by atoms with E-state index in [-0.39, 0.29) is 22.6 Å². The molecule has 2 aromatic rings. The van der Waals surface area contributed by atoms with Crippen LogP contribution in [0.1, 0.15) is 26.4 Å². The van der Waals surface area contributed by atoms with Gasteiger partial charge in [0.1, 0.15) is 12.0 Å². The molecule has 0 aliphatic rings. The van der Waals surface area contributed by atoms with E-state index in [4.69, 9.17) is 10.8 Å². The summed E-state index contributed by atoms with van der Waals surface area (Å²) < 4.78 is 14.3. The average molecular weight is 286 g/mol. The predicted molar refractivity (Wildman–Crippen MR) is 76.5 cm³/mol. The Labute approximate surface area is 119 Å². The van der Waals surface area contributed by atoms with Crippen LogP contribution >= 0.6 is 0 Å². The molecule has 0 aliphatic carbocycles. The van der Waals surface area contributed by atoms with Gasteiger partial charge in [-0.15, -0.1) is 0 Å². The smallest absolute Gasteiger partial charge is 0.355 e. The molecule has 0 saturated heterocycles. The molecular formula is C15H11FN2O3. The van der Waals surface area contributed by atoms with Gasteiger partial charge >= 0.3 is 5.97 Å². The van der Waals surface area contributed by atoms with Crippen molar-refractivity contribution in [2.24, 2.45) is 0 Å². The van der Waals surface area contributed by atoms with Crippen LogP contribution in [-0.2, 0) is 0 Å². The van der Waals surface area contributed by atoms with Gasteiger partial charge in [0.2, 0.25) is 0 Å². The molecule has 106 valence electrons. The van der Waals surface area contributed by atoms with Crippen molar-refractivity contribution in [3.05, 3.63) is 53.5 Å². The third-order valence-corrected chi connectivity index (χ3v) is 2.94. The number of rotatable bonds is 4. The number of carboxylic acid groups (broad SMARTS) is 1. The van der Waals surface area contributed by atoms with Crippen molar-refractivity contribution < 1.29 is 19.1 Å². The number of carboxylic acids is 1. The summed E-state index contributed by atoms with van der Waals surface area (Å²) >= 11 is 0. The van der Waals surface area contributed by atoms with Crippen LogP contribution in [0.2, 0.25) is 0 Å². The molecule has 0 unspecified atom stereocenters. The van der Waals surface area contributed by atoms with Crippen molar-refractivity contribution in [2.45, 2.75) is 0 Å². The number of aromatic nitrogens is 1. The van der Waals surface area contributed by atoms with Crippen molar-refractivity contribution in [1.82, 2.24) is 4.98 Å². The Morgan fingerprint density at radius 3 is 2.43 bits per heavy atom. The average Bonchev–Trinajstić information content (AvgIpc) is 2.49. The minimum atomic E-state index is -1.33. The van der Waals surface area contributed by atoms with Gasteiger partial charge in [0.05, 0.1) is 5.69 Å². The maximum atomic E-state index is 14.3. The number of anilines is 1. The summed E-state index contributed by atoms with van der Waals surface area (Å²) in [7, 11) is 0. The summed E-state index contributed by atoms with van der Waals surface area (Å²) in [6.45, 7) is 3.41. The zero-order valence-corrected chi connectivity index (χ0v) is 10.8. The van der Waals surface area contributed by atoms with E-state index in [9.17, 15) is 14.0 Å². The standard InChI is InChI=1S/C15H11FN2O3/c1-2-10-12(17)11(16)13(18-14(10)15(20)21)9-5-3-8(7-19)4-6-9/h2-7H,1H2,(H2,17,18)(H,20,21). The van der Waals surface area contributed by atoms with Crippen LogP contribution in [0.5, 0.6) is 0 Å². The van der Waals surface area contributed by atoms with Gasteiger partial charge in [-0.3, -0.25) is 4.79 Å². The number of hydrogen-bond donors (Lipinski definition) is 2. The molecule has 0 atom stereocenters. The van der Waals surface area contributed by atoms with Crippen molar-refractivity contribution in [3.63, 3.8) is 0 Å². The number of nitrogens with two attached hydrogens (primary N) is 1. The predicted octanol–water partition coefficient (Wildman–Crippen LogP) is 2.62. The minimum Gasteiger partial charge on any atom is -0.476 e. The molecule has 1 heterocycles. The molecule has 0 spiro atoms. The summed E-state index contributed by atoms with van der Waals surface area (Å²) in [6, 6.07) is 5.88. The van der Waals surface area contributed by atoms with E-state index in [2.05, 4.69) is 11.6 Å². The second kappa shape index (κ2) is 5.54. The molecular weight excluding hydrogens is 275 g/mol. The zero-order chi connectivity index (χ0) is 15.6. The highest BCUT2D eigenvalue weighted by Crippen LogP contribution is 2.29. The van der Waals surface area contributed by atoms with Crippen LogP contribution in [-0.4, -0.2) is 22.3 Å². The van der Waals surface area contributed by atoms with Gasteiger partial charge in [-0.2, -0.15) is 0 Å². The summed E-state index contributed by atoms with van der Waals surface area (Å²) in [5, 5.41) is 9.13. The summed E-state index contributed by atoms with van der Waals surface area (Å²) in [4.78, 5) is 25.6. The molecule has 2 rings (SSSR count). The Bertz CT molecular complexity index is 740. The molecule has 21 heavy (non-hydrogen) atoms. The van der Waals surface area contributed by atoms with Gasteiger partial charge in [0, 0.05) is 16.7 Å². The number of benzene rings is 1. The highest BCUT2D eigenvalue weighted by Gasteiger charge is 2.21. The number of nitrogen functional groups attached to an aromatic ring is 1. The topological polar surface area (TPSA) is 93.3 Å². The van der Waals surface area contributed by atoms with Crippen molar-refractivity contribution in [2.75, 3.05) is 5.73 Å². The highest BCUT2D eigenvalue weighted by molar-refractivity contribution is 5.94. The fraction of sp³-hybridized carbons (Fsp3) is 0. The van der Waals surface area contributed by atoms with Gasteiger partial charge < -0.3 is 10.8 Å². The lowest BCUT2D eigenvalue weighted by Crippen LogP contribution is -2.10. The minimum absolute atomic E-state index is 0.0618. The Balaban J connectivity index is 2.70. The van der Waals surface area contributed by atoms with Crippen LogP contribution in [0.3, 0.4) is 0 Å². The molecule has 0 saturated carbocycles. The van der Waals surface area contributed by atoms with Crippen LogP contribution < -0.4 is 5.73 Å². The van der Waals surface area contributed by atoms with Gasteiger partial charge in [-0.25, -0.2) is 14.2 Å². The molecule has 0 fully saturated rings. The lowest BCUT2D eigenvalue weighted by Gasteiger charge is -2.11. The summed E-state index contributed by atoms with van der Waals surface area (Å²) in [5.41, 5.74) is 5.40. The number of aldehydes is 1. The van der Waals surface area contributed by atoms with E-state index in [1.165, 1.54) is 24.3 Å². The summed E-state index contributed by atoms with van der Waals surface area (Å²) in [5.74, 6) is -2.16. The molecule has 0 aliphatic heterocycles. The largest absolute Gasteiger partial charge is 0.476 e. The van der Waals surface area contributed by atoms with Crippen LogP contribution in [0, 0.1) is 5.82 Å². The third-order valence-electron chi connectivity index (χ3n) is 2.94. The summed E-state index contributed by atoms with van der Waals surface area (Å²) in [6.07, 6.45) is 1.79. The van der Waals surface area contributed by atoms with Gasteiger partial charge in [0.15, 0.2) is 11.5 Å². The molecule has 1 aromatic carbocycles. The molecule has 5 nitrogen and oxygen atoms in total. The van der Waals surface area contributed by atoms with E-state index in [1.54, 1.807) is 0 Å². The number of halogens is 1. The number of hydrogen-bond acceptors (Lipinski definition) is 4. The molecule has 3 N–H and O–H groups in total. The number of carbonyl (C=O) groups excluding carboxylic acids is 1. The van der Waals surface area contributed by atoms with Gasteiger partial charge in [-0.05, 0) is 0 Å². The SMILES string of the molecule is C=Cc1c(C(=O)O)nc(-c2ccc(C=O)cc2)c(F)c1N. The molecule has 0 amide bonds. The van der Waals surface area contributed by atoms with E-state index in [0.717, 1.165) is 6.08 Å². The first-order valence-electron chi connectivity index (χ1n) is 5.90. The second-order valence-corrected chi connectivity index (χ2v) is 4.20. The van der Waals surface area contributed by atoms with E-state index in [1.807, 2.05) is 0 Å². The Hall–Kier alpha value is -3.02. The van der Waals surface area contributed by atoms with Crippen LogP contribution in [0.4, 0.5) is 10.1 Å². The second-order valence-electron chi connectivity index (χ2n) is 4.20. The zero-order valence-electron chi connectivity index (χ0n) is 10.8. The number of nitrogens with zero attached hydrogens (tertiary/aromatic N) is 1. The lowest BCUT2D eigenvalue weighted by atomic mass is 10.0. The molecule has 1 aromatic heterocycles. The lowest BCUT2D eigenvalue weighted by molar-refractivity contribution is 0.0690. The maximum Gasteiger partial charge on any atom is 0.355 e. The number of pyridine rings is 1. The number of carbonyl (C=O) groups is 2. The molecule has 6 heteroatoms. The third kappa shape index (κ3) is 2.51. The van der Waals surface area contributed by atoms with E-state index < -0.39 is 11.8 Å². The quantitative estimate of drug-likeness (QED) is 0.843. The van der Waals surface area contributed by atoms with E-state index in [0.29, 0.717) is 17.4 Å². The van der Waals surface area contributed by atoms with Gasteiger partial charge in [-0.1, -0.05) is 36.9 Å². The van der Waals surface area contributed by atoms with Crippen molar-refractivity contribution in [3.8, 4) is 11.3 Å². The fourth-order valence-electron chi connectivity index (χ4n) is 1.87. The van der Waals surface area contributed by atoms with Crippen molar-refractivity contribution in [1.29, 1.82) is 0 Å². The molecule has 0 radical (unpaired) electrons. The van der Waals surface area contributed by atoms with Gasteiger partial charge in [0.25, 0.3) is 0 Å². The monoisotopic (exact) mass is 286 g/mol. The fourth-order valence-corrected chi connectivity index (χ4v) is 1.87. The van der Waals surface area contributed by atoms with Crippen molar-refractivity contribution >= 4 is 24.0 Å². The normalized spacial score (nSPS) is 10.1. The van der Waals surface area contributed by atoms with E-state index >= 15 is 0 Å². The Kier molecular flexibility index (Phi) is 3.80. The Morgan fingerprint density at radius 2 is 1.95 bits per heavy atom. The maximum absolute atomic E-state index is 14.3. The number of aromatic carboxylic acids is 1. The first-order chi connectivity index (χ1) is 9.99. The molecule has 0 bridgehead atoms. The highest BCUT2D eigenvalue weighted by atomic mass is 19.1. The van der Waals surface area contributed by atoms with Crippen LogP contribution in [0.15, 0.2) is 30.8 Å². The Morgan fingerprint density at radius 1 is 1.33 bits per heavy atom. The first kappa shape index (κ1) is 14.4.